The molecule has 0 radical (unpaired) electrons. The number of carbonyl (C=O) groups excluding carboxylic acids is 1. The maximum Gasteiger partial charge on any atom is 0.291 e. The van der Waals surface area contributed by atoms with Gasteiger partial charge in [-0.05, 0) is 74.5 Å². The number of hydrogen-bond donors (Lipinski definition) is 0. The van der Waals surface area contributed by atoms with Crippen LogP contribution in [0.15, 0.2) is 29.4 Å². The van der Waals surface area contributed by atoms with Gasteiger partial charge >= 0.3 is 0 Å². The summed E-state index contributed by atoms with van der Waals surface area (Å²) in [6, 6.07) is 7.30. The number of likely N-dealkylation sites (tertiary alicyclic amines) is 2. The third kappa shape index (κ3) is 5.14. The lowest BCUT2D eigenvalue weighted by molar-refractivity contribution is -0.133. The molecule has 1 atom stereocenters. The molecule has 30 heavy (non-hydrogen) atoms. The van der Waals surface area contributed by atoms with Crippen molar-refractivity contribution < 1.29 is 13.6 Å². The normalized spacial score (nSPS) is 21.6. The van der Waals surface area contributed by atoms with E-state index in [0.29, 0.717) is 23.2 Å². The first-order chi connectivity index (χ1) is 14.5. The smallest absolute Gasteiger partial charge is 0.291 e. The fraction of sp³-hybridized carbons (Fsp3) is 0.636. The van der Waals surface area contributed by atoms with E-state index in [-0.39, 0.29) is 17.6 Å². The number of hydrogen-bond acceptors (Lipinski definition) is 4. The first-order valence-electron chi connectivity index (χ1n) is 10.9. The molecular weight excluding hydrogens is 406 g/mol. The maximum absolute atomic E-state index is 13.1. The van der Waals surface area contributed by atoms with Crippen molar-refractivity contribution >= 4 is 28.7 Å². The summed E-state index contributed by atoms with van der Waals surface area (Å²) < 4.78 is 27.7. The summed E-state index contributed by atoms with van der Waals surface area (Å²) in [5.74, 6) is -1.27. The lowest BCUT2D eigenvalue weighted by Crippen LogP contribution is -2.46. The van der Waals surface area contributed by atoms with Crippen LogP contribution >= 0.6 is 11.8 Å². The van der Waals surface area contributed by atoms with Gasteiger partial charge in [0.15, 0.2) is 5.16 Å². The van der Waals surface area contributed by atoms with Crippen LogP contribution in [0.5, 0.6) is 0 Å². The largest absolute Gasteiger partial charge is 0.341 e. The van der Waals surface area contributed by atoms with Gasteiger partial charge in [-0.1, -0.05) is 19.1 Å². The predicted octanol–water partition coefficient (Wildman–Crippen LogP) is 4.32. The molecule has 8 heteroatoms. The van der Waals surface area contributed by atoms with Crippen molar-refractivity contribution in [3.63, 3.8) is 0 Å². The molecule has 0 spiro atoms. The first-order valence-corrected chi connectivity index (χ1v) is 11.8. The molecule has 0 bridgehead atoms. The average molecular weight is 437 g/mol. The number of fused-ring (bicyclic) bond motifs is 1. The van der Waals surface area contributed by atoms with Gasteiger partial charge in [0.1, 0.15) is 6.54 Å². The quantitative estimate of drug-likeness (QED) is 0.633. The van der Waals surface area contributed by atoms with E-state index in [1.165, 1.54) is 12.8 Å². The van der Waals surface area contributed by atoms with Gasteiger partial charge < -0.3 is 14.4 Å². The molecule has 0 unspecified atom stereocenters. The molecule has 0 aliphatic carbocycles. The highest BCUT2D eigenvalue weighted by Crippen LogP contribution is 2.29. The van der Waals surface area contributed by atoms with E-state index in [0.717, 1.165) is 57.0 Å². The van der Waals surface area contributed by atoms with Crippen molar-refractivity contribution in [2.24, 2.45) is 11.8 Å². The fourth-order valence-electron chi connectivity index (χ4n) is 4.66. The number of halogens is 2. The van der Waals surface area contributed by atoms with Crippen LogP contribution in [0, 0.1) is 11.8 Å². The Hall–Kier alpha value is -1.67. The summed E-state index contributed by atoms with van der Waals surface area (Å²) >= 11 is 0.405. The molecular formula is C22H30F2N4OS. The Bertz CT molecular complexity index is 866. The molecule has 1 amide bonds. The average Bonchev–Trinajstić information content (AvgIpc) is 3.06. The first kappa shape index (κ1) is 21.6. The third-order valence-corrected chi connectivity index (χ3v) is 7.07. The van der Waals surface area contributed by atoms with Gasteiger partial charge in [0, 0.05) is 19.6 Å². The minimum atomic E-state index is -2.57. The monoisotopic (exact) mass is 436 g/mol. The predicted molar refractivity (Wildman–Crippen MR) is 116 cm³/mol. The van der Waals surface area contributed by atoms with Gasteiger partial charge in [-0.2, -0.15) is 8.78 Å². The molecule has 2 aromatic rings. The molecule has 2 aliphatic heterocycles. The number of rotatable bonds is 6. The van der Waals surface area contributed by atoms with E-state index in [1.807, 2.05) is 23.1 Å². The number of benzene rings is 1. The Labute approximate surface area is 180 Å². The summed E-state index contributed by atoms with van der Waals surface area (Å²) in [4.78, 5) is 21.9. The van der Waals surface area contributed by atoms with E-state index < -0.39 is 5.76 Å². The molecule has 5 nitrogen and oxygen atoms in total. The highest BCUT2D eigenvalue weighted by atomic mass is 32.2. The number of thioether (sulfide) groups is 1. The van der Waals surface area contributed by atoms with Crippen LogP contribution in [0.25, 0.3) is 11.0 Å². The van der Waals surface area contributed by atoms with Crippen molar-refractivity contribution in [2.75, 3.05) is 32.7 Å². The molecule has 2 fully saturated rings. The van der Waals surface area contributed by atoms with Crippen LogP contribution in [0.2, 0.25) is 0 Å². The van der Waals surface area contributed by atoms with Crippen LogP contribution in [0.1, 0.15) is 32.6 Å². The van der Waals surface area contributed by atoms with Crippen molar-refractivity contribution in [2.45, 2.75) is 50.1 Å². The second-order valence-corrected chi connectivity index (χ2v) is 9.64. The number of imidazole rings is 1. The van der Waals surface area contributed by atoms with Gasteiger partial charge in [0.05, 0.1) is 11.0 Å². The van der Waals surface area contributed by atoms with Crippen molar-refractivity contribution in [1.29, 1.82) is 0 Å². The molecule has 0 N–H and O–H groups in total. The fourth-order valence-corrected chi connectivity index (χ4v) is 5.26. The van der Waals surface area contributed by atoms with E-state index in [2.05, 4.69) is 16.8 Å². The van der Waals surface area contributed by atoms with Gasteiger partial charge in [-0.3, -0.25) is 4.79 Å². The minimum absolute atomic E-state index is 0.00812. The lowest BCUT2D eigenvalue weighted by atomic mass is 9.94. The Balaban J connectivity index is 1.42. The number of aromatic nitrogens is 2. The Morgan fingerprint density at radius 1 is 1.20 bits per heavy atom. The summed E-state index contributed by atoms with van der Waals surface area (Å²) in [6.07, 6.45) is 4.67. The molecule has 0 saturated carbocycles. The van der Waals surface area contributed by atoms with Crippen molar-refractivity contribution in [3.8, 4) is 0 Å². The van der Waals surface area contributed by atoms with Gasteiger partial charge in [0.2, 0.25) is 5.91 Å². The minimum Gasteiger partial charge on any atom is -0.341 e. The summed E-state index contributed by atoms with van der Waals surface area (Å²) in [7, 11) is 0. The van der Waals surface area contributed by atoms with Crippen LogP contribution in [0.3, 0.4) is 0 Å². The second-order valence-electron chi connectivity index (χ2n) is 8.68. The zero-order chi connectivity index (χ0) is 21.1. The summed E-state index contributed by atoms with van der Waals surface area (Å²) in [5, 5.41) is 0.204. The summed E-state index contributed by atoms with van der Waals surface area (Å²) in [6.45, 7) is 7.24. The number of amides is 1. The zero-order valence-electron chi connectivity index (χ0n) is 17.5. The number of alkyl halides is 2. The topological polar surface area (TPSA) is 41.4 Å². The Kier molecular flexibility index (Phi) is 6.93. The second kappa shape index (κ2) is 9.64. The number of para-hydroxylation sites is 2. The van der Waals surface area contributed by atoms with Gasteiger partial charge in [0.25, 0.3) is 5.76 Å². The molecule has 1 aromatic heterocycles. The molecule has 164 valence electrons. The van der Waals surface area contributed by atoms with Crippen LogP contribution < -0.4 is 0 Å². The molecule has 3 heterocycles. The molecule has 1 aromatic carbocycles. The lowest BCUT2D eigenvalue weighted by Gasteiger charge is -2.38. The maximum atomic E-state index is 13.1. The number of piperidine rings is 2. The van der Waals surface area contributed by atoms with E-state index in [9.17, 15) is 13.6 Å². The highest BCUT2D eigenvalue weighted by molar-refractivity contribution is 7.99. The van der Waals surface area contributed by atoms with E-state index in [1.54, 1.807) is 10.6 Å². The van der Waals surface area contributed by atoms with Crippen molar-refractivity contribution in [3.05, 3.63) is 24.3 Å². The molecule has 4 rings (SSSR count). The Morgan fingerprint density at radius 2 is 1.97 bits per heavy atom. The zero-order valence-corrected chi connectivity index (χ0v) is 18.3. The van der Waals surface area contributed by atoms with Crippen molar-refractivity contribution in [1.82, 2.24) is 19.4 Å². The van der Waals surface area contributed by atoms with Crippen LogP contribution in [0.4, 0.5) is 8.78 Å². The van der Waals surface area contributed by atoms with E-state index in [4.69, 9.17) is 0 Å². The van der Waals surface area contributed by atoms with Gasteiger partial charge in [-0.25, -0.2) is 4.98 Å². The Morgan fingerprint density at radius 3 is 2.73 bits per heavy atom. The molecule has 2 aliphatic rings. The van der Waals surface area contributed by atoms with E-state index >= 15 is 0 Å². The standard InChI is InChI=1S/C22H30F2N4OS/c1-16-8-11-26(12-9-16)13-17-5-4-10-27(14-17)20(29)15-28-19-7-3-2-6-18(19)25-22(28)30-21(23)24/h2-3,6-7,16-17,21H,4-5,8-15H2,1H3/t17-/m1/s1. The van der Waals surface area contributed by atoms with Crippen LogP contribution in [-0.4, -0.2) is 63.7 Å². The third-order valence-electron chi connectivity index (χ3n) is 6.37. The molecule has 2 saturated heterocycles. The SMILES string of the molecule is CC1CCN(C[C@H]2CCCN(C(=O)Cn3c(SC(F)F)nc4ccccc43)C2)CC1. The highest BCUT2D eigenvalue weighted by Gasteiger charge is 2.27. The summed E-state index contributed by atoms with van der Waals surface area (Å²) in [5.41, 5.74) is 1.37. The number of carbonyl (C=O) groups is 1. The number of nitrogens with zero attached hydrogens (tertiary/aromatic N) is 4. The van der Waals surface area contributed by atoms with Crippen LogP contribution in [-0.2, 0) is 11.3 Å². The van der Waals surface area contributed by atoms with Gasteiger partial charge in [-0.15, -0.1) is 0 Å².